The van der Waals surface area contributed by atoms with E-state index in [1.165, 1.54) is 12.3 Å². The molecule has 0 amide bonds. The van der Waals surface area contributed by atoms with Crippen molar-refractivity contribution in [1.82, 2.24) is 9.55 Å². The van der Waals surface area contributed by atoms with Crippen LogP contribution in [0.25, 0.3) is 0 Å². The summed E-state index contributed by atoms with van der Waals surface area (Å²) in [7, 11) is 0. The van der Waals surface area contributed by atoms with Crippen LogP contribution in [0.4, 0.5) is 10.2 Å². The Kier molecular flexibility index (Phi) is 3.60. The third-order valence-corrected chi connectivity index (χ3v) is 2.98. The summed E-state index contributed by atoms with van der Waals surface area (Å²) < 4.78 is 19.3. The Labute approximate surface area is 102 Å². The molecule has 0 saturated carbocycles. The molecule has 0 spiro atoms. The fraction of sp³-hybridized carbons (Fsp3) is 0.600. The van der Waals surface area contributed by atoms with Crippen LogP contribution in [0.3, 0.4) is 0 Å². The second kappa shape index (κ2) is 5.01. The zero-order valence-corrected chi connectivity index (χ0v) is 9.44. The Morgan fingerprint density at radius 3 is 2.89 bits per heavy atom. The topological polar surface area (TPSA) is 111 Å². The van der Waals surface area contributed by atoms with Crippen LogP contribution in [0.5, 0.6) is 0 Å². The number of aromatic nitrogens is 2. The van der Waals surface area contributed by atoms with Crippen LogP contribution >= 0.6 is 0 Å². The number of nitrogens with zero attached hydrogens (tertiary/aromatic N) is 2. The molecule has 0 radical (unpaired) electrons. The number of aliphatic hydroxyl groups excluding tert-OH is 2. The van der Waals surface area contributed by atoms with Crippen molar-refractivity contribution < 1.29 is 19.3 Å². The van der Waals surface area contributed by atoms with Gasteiger partial charge in [-0.1, -0.05) is 0 Å². The Morgan fingerprint density at radius 2 is 2.33 bits per heavy atom. The van der Waals surface area contributed by atoms with Crippen molar-refractivity contribution in [2.24, 2.45) is 5.92 Å². The molecule has 1 aromatic heterocycles. The number of ether oxygens (including phenoxy) is 1. The van der Waals surface area contributed by atoms with Gasteiger partial charge in [-0.05, 0) is 6.07 Å². The molecule has 0 aromatic carbocycles. The van der Waals surface area contributed by atoms with Gasteiger partial charge in [0.05, 0.1) is 25.3 Å². The van der Waals surface area contributed by atoms with Crippen molar-refractivity contribution in [2.75, 3.05) is 19.0 Å². The van der Waals surface area contributed by atoms with Gasteiger partial charge >= 0.3 is 5.69 Å². The fourth-order valence-corrected chi connectivity index (χ4v) is 2.01. The van der Waals surface area contributed by atoms with Gasteiger partial charge in [-0.25, -0.2) is 4.79 Å². The molecule has 7 nitrogen and oxygen atoms in total. The first-order chi connectivity index (χ1) is 8.58. The highest BCUT2D eigenvalue weighted by atomic mass is 19.1. The third kappa shape index (κ3) is 2.09. The molecule has 2 rings (SSSR count). The molecule has 4 atom stereocenters. The van der Waals surface area contributed by atoms with Crippen LogP contribution in [0.1, 0.15) is 6.23 Å². The van der Waals surface area contributed by atoms with Gasteiger partial charge in [-0.15, -0.1) is 0 Å². The monoisotopic (exact) mass is 259 g/mol. The van der Waals surface area contributed by atoms with Gasteiger partial charge in [0.15, 0.2) is 0 Å². The molecule has 100 valence electrons. The number of halogens is 1. The highest BCUT2D eigenvalue weighted by molar-refractivity contribution is 5.23. The highest BCUT2D eigenvalue weighted by Gasteiger charge is 2.44. The van der Waals surface area contributed by atoms with E-state index in [9.17, 15) is 14.3 Å². The number of rotatable bonds is 3. The number of hydrogen-bond donors (Lipinski definition) is 3. The van der Waals surface area contributed by atoms with E-state index in [0.717, 1.165) is 4.57 Å². The minimum Gasteiger partial charge on any atom is -0.394 e. The Morgan fingerprint density at radius 1 is 1.61 bits per heavy atom. The summed E-state index contributed by atoms with van der Waals surface area (Å²) in [6, 6.07) is 1.37. The number of hydrogen-bond acceptors (Lipinski definition) is 6. The van der Waals surface area contributed by atoms with Crippen molar-refractivity contribution in [2.45, 2.75) is 18.4 Å². The Bertz CT molecular complexity index is 480. The first-order valence-electron chi connectivity index (χ1n) is 5.43. The van der Waals surface area contributed by atoms with E-state index < -0.39 is 43.3 Å². The average molecular weight is 259 g/mol. The summed E-state index contributed by atoms with van der Waals surface area (Å²) >= 11 is 0. The lowest BCUT2D eigenvalue weighted by molar-refractivity contribution is -0.0485. The molecule has 0 bridgehead atoms. The molecule has 2 heterocycles. The van der Waals surface area contributed by atoms with E-state index in [2.05, 4.69) is 4.98 Å². The lowest BCUT2D eigenvalue weighted by atomic mass is 10.0. The van der Waals surface area contributed by atoms with Crippen molar-refractivity contribution in [3.63, 3.8) is 0 Å². The second-order valence-electron chi connectivity index (χ2n) is 4.10. The fourth-order valence-electron chi connectivity index (χ4n) is 2.01. The van der Waals surface area contributed by atoms with Crippen LogP contribution in [0.15, 0.2) is 17.1 Å². The zero-order valence-electron chi connectivity index (χ0n) is 9.44. The number of alkyl halides is 1. The van der Waals surface area contributed by atoms with Crippen LogP contribution in [0, 0.1) is 5.92 Å². The van der Waals surface area contributed by atoms with Gasteiger partial charge in [0, 0.05) is 6.20 Å². The van der Waals surface area contributed by atoms with Gasteiger partial charge in [-0.2, -0.15) is 4.98 Å². The van der Waals surface area contributed by atoms with Crippen LogP contribution in [-0.4, -0.2) is 45.3 Å². The molecular formula is C10H14FN3O4. The maximum absolute atomic E-state index is 12.9. The largest absolute Gasteiger partial charge is 0.394 e. The van der Waals surface area contributed by atoms with Crippen LogP contribution in [0.2, 0.25) is 0 Å². The van der Waals surface area contributed by atoms with Gasteiger partial charge in [0.1, 0.15) is 18.1 Å². The smallest absolute Gasteiger partial charge is 0.351 e. The van der Waals surface area contributed by atoms with Crippen LogP contribution < -0.4 is 11.4 Å². The maximum Gasteiger partial charge on any atom is 0.351 e. The normalized spacial score (nSPS) is 31.7. The minimum atomic E-state index is -1.17. The summed E-state index contributed by atoms with van der Waals surface area (Å²) in [5.74, 6) is -0.879. The molecule has 1 aliphatic rings. The molecule has 4 N–H and O–H groups in total. The Hall–Kier alpha value is -1.51. The molecular weight excluding hydrogens is 245 g/mol. The molecule has 1 aliphatic heterocycles. The highest BCUT2D eigenvalue weighted by Crippen LogP contribution is 2.34. The second-order valence-corrected chi connectivity index (χ2v) is 4.10. The molecule has 8 heteroatoms. The summed E-state index contributed by atoms with van der Waals surface area (Å²) in [6.07, 6.45) is -1.76. The van der Waals surface area contributed by atoms with Gasteiger partial charge in [0.2, 0.25) is 0 Å². The predicted octanol–water partition coefficient (Wildman–Crippen LogP) is -1.34. The maximum atomic E-state index is 12.9. The van der Waals surface area contributed by atoms with Crippen molar-refractivity contribution in [3.05, 3.63) is 22.7 Å². The molecule has 0 aliphatic carbocycles. The molecule has 1 fully saturated rings. The molecule has 18 heavy (non-hydrogen) atoms. The summed E-state index contributed by atoms with van der Waals surface area (Å²) in [6.45, 7) is -1.33. The zero-order chi connectivity index (χ0) is 13.3. The number of anilines is 1. The van der Waals surface area contributed by atoms with E-state index in [4.69, 9.17) is 15.6 Å². The lowest BCUT2D eigenvalue weighted by Crippen LogP contribution is -2.33. The van der Waals surface area contributed by atoms with E-state index in [0.29, 0.717) is 0 Å². The SMILES string of the molecule is Nc1ccn(C2O[C@H](CO)[C@@H](O)[C@@H]2CF)c(=O)n1. The average Bonchev–Trinajstić information content (AvgIpc) is 2.65. The van der Waals surface area contributed by atoms with Gasteiger partial charge < -0.3 is 20.7 Å². The van der Waals surface area contributed by atoms with Gasteiger partial charge in [0.25, 0.3) is 0 Å². The molecule has 1 aromatic rings. The summed E-state index contributed by atoms with van der Waals surface area (Å²) in [5, 5.41) is 18.7. The first-order valence-corrected chi connectivity index (χ1v) is 5.43. The van der Waals surface area contributed by atoms with Crippen molar-refractivity contribution in [1.29, 1.82) is 0 Å². The van der Waals surface area contributed by atoms with E-state index >= 15 is 0 Å². The molecule has 1 saturated heterocycles. The van der Waals surface area contributed by atoms with E-state index in [1.54, 1.807) is 0 Å². The molecule has 1 unspecified atom stereocenters. The quantitative estimate of drug-likeness (QED) is 0.619. The lowest BCUT2D eigenvalue weighted by Gasteiger charge is -2.18. The number of nitrogens with two attached hydrogens (primary N) is 1. The van der Waals surface area contributed by atoms with Crippen molar-refractivity contribution in [3.8, 4) is 0 Å². The van der Waals surface area contributed by atoms with E-state index in [1.807, 2.05) is 0 Å². The summed E-state index contributed by atoms with van der Waals surface area (Å²) in [5.41, 5.74) is 4.65. The van der Waals surface area contributed by atoms with Gasteiger partial charge in [-0.3, -0.25) is 8.96 Å². The first kappa shape index (κ1) is 12.9. The standard InChI is InChI=1S/C10H14FN3O4/c11-3-5-8(16)6(4-15)18-9(5)14-2-1-7(12)13-10(14)17/h1-2,5-6,8-9,15-16H,3-4H2,(H2,12,13,17)/t5-,6+,8-,9?/m0/s1. The number of aliphatic hydroxyl groups is 2. The predicted molar refractivity (Wildman–Crippen MR) is 59.4 cm³/mol. The third-order valence-electron chi connectivity index (χ3n) is 2.98. The van der Waals surface area contributed by atoms with Crippen LogP contribution in [-0.2, 0) is 4.74 Å². The Balaban J connectivity index is 2.35. The van der Waals surface area contributed by atoms with E-state index in [-0.39, 0.29) is 5.82 Å². The summed E-state index contributed by atoms with van der Waals surface area (Å²) in [4.78, 5) is 15.1. The minimum absolute atomic E-state index is 0.0466. The van der Waals surface area contributed by atoms with Crippen molar-refractivity contribution >= 4 is 5.82 Å². The number of nitrogen functional groups attached to an aromatic ring is 1.